The predicted molar refractivity (Wildman–Crippen MR) is 112 cm³/mol. The number of halogens is 1. The molecule has 3 aliphatic heterocycles. The van der Waals surface area contributed by atoms with Crippen LogP contribution in [0.4, 0.5) is 5.69 Å². The van der Waals surface area contributed by atoms with Crippen molar-refractivity contribution >= 4 is 23.2 Å². The Morgan fingerprint density at radius 3 is 3.03 bits per heavy atom. The Hall–Kier alpha value is -1.54. The Bertz CT molecular complexity index is 754. The van der Waals surface area contributed by atoms with Gasteiger partial charge in [-0.1, -0.05) is 11.6 Å². The number of carbonyl (C=O) groups is 1. The summed E-state index contributed by atoms with van der Waals surface area (Å²) in [5.41, 5.74) is 7.83. The molecule has 0 aromatic heterocycles. The lowest BCUT2D eigenvalue weighted by molar-refractivity contribution is -0.0254. The van der Waals surface area contributed by atoms with Crippen molar-refractivity contribution < 1.29 is 19.0 Å². The molecule has 3 aliphatic rings. The van der Waals surface area contributed by atoms with Crippen LogP contribution in [0.2, 0.25) is 5.02 Å². The van der Waals surface area contributed by atoms with Crippen LogP contribution in [0.1, 0.15) is 35.2 Å². The molecule has 0 spiro atoms. The standard InChI is InChI=1S/C21H30ClN3O4/c1-27-18-12-25(11-14-3-2-7-28-14)6-4-13(18)10-24-21(26)16-9-17(22)19(23)15-5-8-29-20(15)16/h9,13-14,18H,2-8,10-12,23H2,1H3,(H,24,26)/t13-,14?,18+/m1/s1. The van der Waals surface area contributed by atoms with Gasteiger partial charge >= 0.3 is 0 Å². The summed E-state index contributed by atoms with van der Waals surface area (Å²) in [6.45, 7) is 4.78. The Morgan fingerprint density at radius 2 is 2.28 bits per heavy atom. The van der Waals surface area contributed by atoms with Crippen molar-refractivity contribution in [3.63, 3.8) is 0 Å². The maximum Gasteiger partial charge on any atom is 0.255 e. The molecule has 1 unspecified atom stereocenters. The third-order valence-electron chi connectivity index (χ3n) is 6.31. The molecule has 0 radical (unpaired) electrons. The van der Waals surface area contributed by atoms with E-state index in [-0.39, 0.29) is 17.9 Å². The van der Waals surface area contributed by atoms with Crippen molar-refractivity contribution in [3.8, 4) is 5.75 Å². The minimum atomic E-state index is -0.179. The highest BCUT2D eigenvalue weighted by Gasteiger charge is 2.32. The summed E-state index contributed by atoms with van der Waals surface area (Å²) in [6, 6.07) is 1.61. The van der Waals surface area contributed by atoms with Crippen molar-refractivity contribution in [1.82, 2.24) is 10.2 Å². The van der Waals surface area contributed by atoms with Crippen molar-refractivity contribution in [2.75, 3.05) is 52.2 Å². The Morgan fingerprint density at radius 1 is 1.41 bits per heavy atom. The number of amides is 1. The van der Waals surface area contributed by atoms with Gasteiger partial charge < -0.3 is 25.3 Å². The van der Waals surface area contributed by atoms with Gasteiger partial charge in [-0.05, 0) is 31.9 Å². The molecule has 0 saturated carbocycles. The molecule has 8 heteroatoms. The summed E-state index contributed by atoms with van der Waals surface area (Å²) < 4.78 is 17.2. The molecule has 2 fully saturated rings. The Balaban J connectivity index is 1.35. The second-order valence-electron chi connectivity index (χ2n) is 8.15. The molecule has 29 heavy (non-hydrogen) atoms. The summed E-state index contributed by atoms with van der Waals surface area (Å²) in [4.78, 5) is 15.3. The molecule has 7 nitrogen and oxygen atoms in total. The summed E-state index contributed by atoms with van der Waals surface area (Å²) in [5, 5.41) is 3.46. The number of fused-ring (bicyclic) bond motifs is 1. The van der Waals surface area contributed by atoms with Gasteiger partial charge in [0.1, 0.15) is 5.75 Å². The van der Waals surface area contributed by atoms with Crippen molar-refractivity contribution in [2.45, 2.75) is 37.9 Å². The molecule has 3 atom stereocenters. The van der Waals surface area contributed by atoms with E-state index in [0.29, 0.717) is 47.7 Å². The second-order valence-corrected chi connectivity index (χ2v) is 8.56. The van der Waals surface area contributed by atoms with Gasteiger partial charge in [0, 0.05) is 51.3 Å². The van der Waals surface area contributed by atoms with E-state index in [9.17, 15) is 4.79 Å². The number of likely N-dealkylation sites (tertiary alicyclic amines) is 1. The molecule has 3 heterocycles. The van der Waals surface area contributed by atoms with Gasteiger partial charge in [0.2, 0.25) is 0 Å². The highest BCUT2D eigenvalue weighted by Crippen LogP contribution is 2.38. The van der Waals surface area contributed by atoms with Gasteiger partial charge in [-0.2, -0.15) is 0 Å². The number of rotatable bonds is 6. The lowest BCUT2D eigenvalue weighted by Gasteiger charge is -2.38. The van der Waals surface area contributed by atoms with Crippen LogP contribution in [0.5, 0.6) is 5.75 Å². The second kappa shape index (κ2) is 9.08. The number of hydrogen-bond acceptors (Lipinski definition) is 6. The van der Waals surface area contributed by atoms with Crippen LogP contribution >= 0.6 is 11.6 Å². The van der Waals surface area contributed by atoms with E-state index in [1.165, 1.54) is 0 Å². The molecular weight excluding hydrogens is 394 g/mol. The summed E-state index contributed by atoms with van der Waals surface area (Å²) in [7, 11) is 1.75. The van der Waals surface area contributed by atoms with Gasteiger partial charge in [0.15, 0.2) is 0 Å². The third-order valence-corrected chi connectivity index (χ3v) is 6.62. The number of nitrogens with zero attached hydrogens (tertiary/aromatic N) is 1. The predicted octanol–water partition coefficient (Wildman–Crippen LogP) is 2.10. The van der Waals surface area contributed by atoms with Crippen LogP contribution in [0.15, 0.2) is 6.07 Å². The highest BCUT2D eigenvalue weighted by molar-refractivity contribution is 6.33. The van der Waals surface area contributed by atoms with Crippen molar-refractivity contribution in [3.05, 3.63) is 22.2 Å². The van der Waals surface area contributed by atoms with E-state index in [2.05, 4.69) is 10.2 Å². The van der Waals surface area contributed by atoms with Gasteiger partial charge in [0.25, 0.3) is 5.91 Å². The summed E-state index contributed by atoms with van der Waals surface area (Å²) >= 11 is 6.23. The number of benzene rings is 1. The molecule has 1 aromatic carbocycles. The third kappa shape index (κ3) is 4.48. The molecule has 1 aromatic rings. The number of hydrogen-bond donors (Lipinski definition) is 2. The molecule has 1 amide bonds. The van der Waals surface area contributed by atoms with Gasteiger partial charge in [-0.15, -0.1) is 0 Å². The SMILES string of the molecule is CO[C@H]1CN(CC2CCCO2)CC[C@@H]1CNC(=O)c1cc(Cl)c(N)c2c1OCC2. The normalized spacial score (nSPS) is 26.9. The molecule has 4 rings (SSSR count). The molecular formula is C21H30ClN3O4. The van der Waals surface area contributed by atoms with E-state index in [4.69, 9.17) is 31.5 Å². The minimum Gasteiger partial charge on any atom is -0.492 e. The quantitative estimate of drug-likeness (QED) is 0.681. The van der Waals surface area contributed by atoms with Crippen molar-refractivity contribution in [2.24, 2.45) is 5.92 Å². The van der Waals surface area contributed by atoms with Crippen molar-refractivity contribution in [1.29, 1.82) is 0 Å². The molecule has 3 N–H and O–H groups in total. The highest BCUT2D eigenvalue weighted by atomic mass is 35.5. The number of methoxy groups -OCH3 is 1. The van der Waals surface area contributed by atoms with Gasteiger partial charge in [0.05, 0.1) is 35.1 Å². The average Bonchev–Trinajstić information content (AvgIpc) is 3.41. The van der Waals surface area contributed by atoms with Crippen LogP contribution < -0.4 is 15.8 Å². The number of carbonyl (C=O) groups excluding carboxylic acids is 1. The smallest absolute Gasteiger partial charge is 0.255 e. The van der Waals surface area contributed by atoms with Crippen LogP contribution in [0.25, 0.3) is 0 Å². The average molecular weight is 424 g/mol. The Labute approximate surface area is 176 Å². The summed E-state index contributed by atoms with van der Waals surface area (Å²) in [6.07, 6.45) is 4.39. The fourth-order valence-electron chi connectivity index (χ4n) is 4.63. The summed E-state index contributed by atoms with van der Waals surface area (Å²) in [5.74, 6) is 0.656. The Kier molecular flexibility index (Phi) is 6.49. The zero-order valence-electron chi connectivity index (χ0n) is 16.9. The van der Waals surface area contributed by atoms with Gasteiger partial charge in [-0.25, -0.2) is 0 Å². The molecule has 2 saturated heterocycles. The largest absolute Gasteiger partial charge is 0.492 e. The van der Waals surface area contributed by atoms with Crippen LogP contribution in [0.3, 0.4) is 0 Å². The number of nitrogen functional groups attached to an aromatic ring is 1. The first kappa shape index (κ1) is 20.7. The number of ether oxygens (including phenoxy) is 3. The number of nitrogens with two attached hydrogens (primary N) is 1. The van der Waals surface area contributed by atoms with Gasteiger partial charge in [-0.3, -0.25) is 9.69 Å². The van der Waals surface area contributed by atoms with E-state index in [1.807, 2.05) is 0 Å². The number of piperidine rings is 1. The number of anilines is 1. The lowest BCUT2D eigenvalue weighted by atomic mass is 9.93. The van der Waals surface area contributed by atoms with Crippen LogP contribution in [-0.4, -0.2) is 69.5 Å². The number of nitrogens with one attached hydrogen (secondary N) is 1. The monoisotopic (exact) mass is 423 g/mol. The first-order valence-electron chi connectivity index (χ1n) is 10.5. The topological polar surface area (TPSA) is 86.1 Å². The molecule has 160 valence electrons. The first-order valence-corrected chi connectivity index (χ1v) is 10.8. The molecule has 0 bridgehead atoms. The van der Waals surface area contributed by atoms with Crippen LogP contribution in [0, 0.1) is 5.92 Å². The zero-order valence-corrected chi connectivity index (χ0v) is 17.7. The maximum absolute atomic E-state index is 12.8. The maximum atomic E-state index is 12.8. The van der Waals surface area contributed by atoms with Crippen LogP contribution in [-0.2, 0) is 15.9 Å². The zero-order chi connectivity index (χ0) is 20.4. The fraction of sp³-hybridized carbons (Fsp3) is 0.667. The lowest BCUT2D eigenvalue weighted by Crippen LogP contribution is -2.50. The minimum absolute atomic E-state index is 0.0856. The first-order chi connectivity index (χ1) is 14.1. The van der Waals surface area contributed by atoms with E-state index in [0.717, 1.165) is 51.1 Å². The van der Waals surface area contributed by atoms with E-state index < -0.39 is 0 Å². The fourth-order valence-corrected chi connectivity index (χ4v) is 4.85. The molecule has 0 aliphatic carbocycles. The van der Waals surface area contributed by atoms with E-state index in [1.54, 1.807) is 13.2 Å². The van der Waals surface area contributed by atoms with E-state index >= 15 is 0 Å².